The van der Waals surface area contributed by atoms with Crippen molar-refractivity contribution in [1.29, 1.82) is 0 Å². The summed E-state index contributed by atoms with van der Waals surface area (Å²) in [6.45, 7) is 1.36. The van der Waals surface area contributed by atoms with Crippen LogP contribution in [0.15, 0.2) is 108 Å². The standard InChI is InChI=1S/C31H26N2O6S/c1-21(34)32-24-16-17-28(38-2)27(20-24)33-30(35)29(40(36,37)31(33)23-11-5-3-6-12-23)19-22-10-9-15-26(18-22)39-25-13-7-4-8-14-25/h3-20,31H,1-2H3,(H,32,34)/b29-19-. The molecular weight excluding hydrogens is 528 g/mol. The molecule has 8 nitrogen and oxygen atoms in total. The van der Waals surface area contributed by atoms with E-state index >= 15 is 0 Å². The Balaban J connectivity index is 1.63. The summed E-state index contributed by atoms with van der Waals surface area (Å²) in [6.07, 6.45) is 1.36. The molecule has 1 unspecified atom stereocenters. The van der Waals surface area contributed by atoms with Crippen LogP contribution in [-0.2, 0) is 19.4 Å². The topological polar surface area (TPSA) is 102 Å². The summed E-state index contributed by atoms with van der Waals surface area (Å²) in [5, 5.41) is 1.33. The molecule has 40 heavy (non-hydrogen) atoms. The van der Waals surface area contributed by atoms with E-state index in [2.05, 4.69) is 5.32 Å². The Morgan fingerprint density at radius 1 is 0.875 bits per heavy atom. The lowest BCUT2D eigenvalue weighted by molar-refractivity contribution is -0.115. The van der Waals surface area contributed by atoms with Crippen molar-refractivity contribution in [3.05, 3.63) is 119 Å². The van der Waals surface area contributed by atoms with E-state index in [9.17, 15) is 18.0 Å². The van der Waals surface area contributed by atoms with Gasteiger partial charge in [0.05, 0.1) is 12.8 Å². The van der Waals surface area contributed by atoms with E-state index in [-0.39, 0.29) is 22.2 Å². The van der Waals surface area contributed by atoms with Crippen LogP contribution in [0, 0.1) is 0 Å². The minimum absolute atomic E-state index is 0.209. The summed E-state index contributed by atoms with van der Waals surface area (Å²) in [6, 6.07) is 29.2. The summed E-state index contributed by atoms with van der Waals surface area (Å²) in [5.41, 5.74) is 1.49. The third kappa shape index (κ3) is 5.32. The lowest BCUT2D eigenvalue weighted by atomic mass is 10.1. The minimum atomic E-state index is -4.20. The number of ether oxygens (including phenoxy) is 2. The van der Waals surface area contributed by atoms with Gasteiger partial charge in [-0.3, -0.25) is 14.5 Å². The number of methoxy groups -OCH3 is 1. The molecule has 1 aliphatic rings. The lowest BCUT2D eigenvalue weighted by Gasteiger charge is -2.25. The number of nitrogens with one attached hydrogen (secondary N) is 1. The van der Waals surface area contributed by atoms with E-state index in [1.807, 2.05) is 18.2 Å². The predicted octanol–water partition coefficient (Wildman–Crippen LogP) is 5.95. The van der Waals surface area contributed by atoms with Crippen molar-refractivity contribution in [2.75, 3.05) is 17.3 Å². The van der Waals surface area contributed by atoms with Crippen molar-refractivity contribution in [2.45, 2.75) is 12.3 Å². The number of benzene rings is 4. The average Bonchev–Trinajstić information content (AvgIpc) is 3.14. The number of nitrogens with zero attached hydrogens (tertiary/aromatic N) is 1. The second-order valence-electron chi connectivity index (χ2n) is 9.05. The average molecular weight is 555 g/mol. The van der Waals surface area contributed by atoms with Gasteiger partial charge < -0.3 is 14.8 Å². The molecule has 1 aliphatic heterocycles. The van der Waals surface area contributed by atoms with Gasteiger partial charge in [-0.15, -0.1) is 0 Å². The zero-order valence-electron chi connectivity index (χ0n) is 21.8. The first-order valence-electron chi connectivity index (χ1n) is 12.4. The van der Waals surface area contributed by atoms with Crippen molar-refractivity contribution >= 4 is 39.1 Å². The van der Waals surface area contributed by atoms with Crippen LogP contribution in [0.5, 0.6) is 17.2 Å². The van der Waals surface area contributed by atoms with Gasteiger partial charge in [0.1, 0.15) is 22.2 Å². The van der Waals surface area contributed by atoms with E-state index in [4.69, 9.17) is 9.47 Å². The number of hydrogen-bond donors (Lipinski definition) is 1. The SMILES string of the molecule is COc1ccc(NC(C)=O)cc1N1C(=O)/C(=C/c2cccc(Oc3ccccc3)c2)S(=O)(=O)C1c1ccccc1. The van der Waals surface area contributed by atoms with Crippen molar-refractivity contribution in [3.63, 3.8) is 0 Å². The zero-order chi connectivity index (χ0) is 28.3. The smallest absolute Gasteiger partial charge is 0.271 e. The van der Waals surface area contributed by atoms with Gasteiger partial charge >= 0.3 is 0 Å². The van der Waals surface area contributed by atoms with Crippen molar-refractivity contribution in [2.24, 2.45) is 0 Å². The van der Waals surface area contributed by atoms with Crippen molar-refractivity contribution < 1.29 is 27.5 Å². The molecule has 9 heteroatoms. The van der Waals surface area contributed by atoms with Crippen LogP contribution in [0.4, 0.5) is 11.4 Å². The Morgan fingerprint density at radius 2 is 1.55 bits per heavy atom. The van der Waals surface area contributed by atoms with Crippen LogP contribution >= 0.6 is 0 Å². The molecule has 0 aromatic heterocycles. The third-order valence-electron chi connectivity index (χ3n) is 6.24. The van der Waals surface area contributed by atoms with Gasteiger partial charge in [-0.2, -0.15) is 0 Å². The number of carbonyl (C=O) groups is 2. The highest BCUT2D eigenvalue weighted by molar-refractivity contribution is 7.97. The second kappa shape index (κ2) is 11.1. The maximum Gasteiger partial charge on any atom is 0.271 e. The van der Waals surface area contributed by atoms with Gasteiger partial charge in [0, 0.05) is 12.6 Å². The molecule has 1 saturated heterocycles. The highest BCUT2D eigenvalue weighted by Crippen LogP contribution is 2.47. The molecular formula is C31H26N2O6S. The number of hydrogen-bond acceptors (Lipinski definition) is 6. The monoisotopic (exact) mass is 554 g/mol. The molecule has 1 heterocycles. The fourth-order valence-electron chi connectivity index (χ4n) is 4.53. The third-order valence-corrected chi connectivity index (χ3v) is 8.22. The molecule has 1 N–H and O–H groups in total. The van der Waals surface area contributed by atoms with Gasteiger partial charge in [0.25, 0.3) is 5.91 Å². The highest BCUT2D eigenvalue weighted by atomic mass is 32.2. The largest absolute Gasteiger partial charge is 0.495 e. The van der Waals surface area contributed by atoms with Crippen molar-refractivity contribution in [1.82, 2.24) is 0 Å². The molecule has 2 amide bonds. The predicted molar refractivity (Wildman–Crippen MR) is 154 cm³/mol. The Bertz CT molecular complexity index is 1700. The van der Waals surface area contributed by atoms with Crippen LogP contribution in [0.25, 0.3) is 6.08 Å². The van der Waals surface area contributed by atoms with E-state index < -0.39 is 21.1 Å². The fourth-order valence-corrected chi connectivity index (χ4v) is 6.42. The summed E-state index contributed by atoms with van der Waals surface area (Å²) >= 11 is 0. The lowest BCUT2D eigenvalue weighted by Crippen LogP contribution is -2.29. The molecule has 202 valence electrons. The van der Waals surface area contributed by atoms with Gasteiger partial charge in [0.2, 0.25) is 15.7 Å². The summed E-state index contributed by atoms with van der Waals surface area (Å²) in [5.74, 6) is 0.358. The normalized spacial score (nSPS) is 17.1. The molecule has 4 aromatic rings. The van der Waals surface area contributed by atoms with Crippen LogP contribution in [0.1, 0.15) is 23.4 Å². The van der Waals surface area contributed by atoms with Gasteiger partial charge in [0.15, 0.2) is 5.37 Å². The molecule has 0 radical (unpaired) electrons. The Labute approximate surface area is 232 Å². The molecule has 5 rings (SSSR count). The number of rotatable bonds is 7. The maximum absolute atomic E-state index is 14.1. The number of carbonyl (C=O) groups excluding carboxylic acids is 2. The molecule has 0 bridgehead atoms. The number of anilines is 2. The minimum Gasteiger partial charge on any atom is -0.495 e. The molecule has 0 aliphatic carbocycles. The highest BCUT2D eigenvalue weighted by Gasteiger charge is 2.51. The summed E-state index contributed by atoms with van der Waals surface area (Å²) in [7, 11) is -2.78. The molecule has 4 aromatic carbocycles. The van der Waals surface area contributed by atoms with Crippen LogP contribution < -0.4 is 19.7 Å². The van der Waals surface area contributed by atoms with E-state index in [0.29, 0.717) is 28.3 Å². The van der Waals surface area contributed by atoms with Crippen LogP contribution in [0.2, 0.25) is 0 Å². The van der Waals surface area contributed by atoms with Crippen molar-refractivity contribution in [3.8, 4) is 17.2 Å². The van der Waals surface area contributed by atoms with Crippen LogP contribution in [0.3, 0.4) is 0 Å². The Morgan fingerprint density at radius 3 is 2.23 bits per heavy atom. The quantitative estimate of drug-likeness (QED) is 0.284. The van der Waals surface area contributed by atoms with Gasteiger partial charge in [-0.05, 0) is 59.7 Å². The molecule has 1 atom stereocenters. The Kier molecular flexibility index (Phi) is 7.39. The summed E-state index contributed by atoms with van der Waals surface area (Å²) < 4.78 is 39.5. The van der Waals surface area contributed by atoms with Gasteiger partial charge in [-0.25, -0.2) is 8.42 Å². The first-order valence-corrected chi connectivity index (χ1v) is 14.0. The molecule has 0 spiro atoms. The fraction of sp³-hybridized carbons (Fsp3) is 0.0968. The van der Waals surface area contributed by atoms with Gasteiger partial charge in [-0.1, -0.05) is 60.7 Å². The summed E-state index contributed by atoms with van der Waals surface area (Å²) in [4.78, 5) is 26.5. The number of amides is 2. The first-order chi connectivity index (χ1) is 19.3. The van der Waals surface area contributed by atoms with E-state index in [1.54, 1.807) is 78.9 Å². The second-order valence-corrected chi connectivity index (χ2v) is 11.0. The van der Waals surface area contributed by atoms with E-state index in [0.717, 1.165) is 0 Å². The molecule has 0 saturated carbocycles. The first kappa shape index (κ1) is 26.7. The molecule has 1 fully saturated rings. The Hall–Kier alpha value is -4.89. The maximum atomic E-state index is 14.1. The zero-order valence-corrected chi connectivity index (χ0v) is 22.6. The van der Waals surface area contributed by atoms with E-state index in [1.165, 1.54) is 31.1 Å². The van der Waals surface area contributed by atoms with Crippen LogP contribution in [-0.4, -0.2) is 27.3 Å². The number of sulfone groups is 1. The number of para-hydroxylation sites is 1.